The van der Waals surface area contributed by atoms with E-state index in [1.54, 1.807) is 10.9 Å². The van der Waals surface area contributed by atoms with Gasteiger partial charge in [0.05, 0.1) is 28.0 Å². The number of benzene rings is 2. The standard InChI is InChI=1S/C15H9BrClN3/c1-18-14-11(15-12(16)8-19-20(15)2)7-9-5-3-4-6-10(9)13(14)17/h3-8H,2H3. The zero-order valence-corrected chi connectivity index (χ0v) is 12.9. The van der Waals surface area contributed by atoms with Gasteiger partial charge in [-0.25, -0.2) is 4.85 Å². The van der Waals surface area contributed by atoms with Gasteiger partial charge < -0.3 is 0 Å². The van der Waals surface area contributed by atoms with E-state index >= 15 is 0 Å². The van der Waals surface area contributed by atoms with Crippen LogP contribution in [0.1, 0.15) is 0 Å². The van der Waals surface area contributed by atoms with E-state index in [0.29, 0.717) is 10.7 Å². The molecule has 5 heteroatoms. The molecule has 3 rings (SSSR count). The molecule has 0 radical (unpaired) electrons. The number of nitrogens with zero attached hydrogens (tertiary/aromatic N) is 3. The fourth-order valence-electron chi connectivity index (χ4n) is 2.30. The smallest absolute Gasteiger partial charge is 0.215 e. The summed E-state index contributed by atoms with van der Waals surface area (Å²) in [7, 11) is 1.84. The molecule has 0 atom stereocenters. The Morgan fingerprint density at radius 1 is 1.35 bits per heavy atom. The van der Waals surface area contributed by atoms with E-state index in [1.165, 1.54) is 0 Å². The highest BCUT2D eigenvalue weighted by Gasteiger charge is 2.18. The molecule has 0 fully saturated rings. The number of hydrogen-bond acceptors (Lipinski definition) is 1. The number of rotatable bonds is 1. The molecule has 2 aromatic carbocycles. The lowest BCUT2D eigenvalue weighted by atomic mass is 10.0. The summed E-state index contributed by atoms with van der Waals surface area (Å²) in [5.41, 5.74) is 2.09. The second kappa shape index (κ2) is 4.93. The molecule has 1 heterocycles. The largest absolute Gasteiger partial charge is 0.268 e. The molecule has 0 aliphatic heterocycles. The first kappa shape index (κ1) is 13.2. The minimum absolute atomic E-state index is 0.453. The van der Waals surface area contributed by atoms with E-state index in [1.807, 2.05) is 37.4 Å². The third-order valence-corrected chi connectivity index (χ3v) is 4.18. The Bertz CT molecular complexity index is 842. The fraction of sp³-hybridized carbons (Fsp3) is 0.0667. The summed E-state index contributed by atoms with van der Waals surface area (Å²) in [6.07, 6.45) is 1.71. The predicted octanol–water partition coefficient (Wildman–Crippen LogP) is 5.21. The molecule has 0 saturated carbocycles. The van der Waals surface area contributed by atoms with E-state index in [-0.39, 0.29) is 0 Å². The molecule has 0 unspecified atom stereocenters. The number of hydrogen-bond donors (Lipinski definition) is 0. The summed E-state index contributed by atoms with van der Waals surface area (Å²) in [6, 6.07) is 9.77. The third kappa shape index (κ3) is 1.91. The first-order valence-electron chi connectivity index (χ1n) is 5.90. The van der Waals surface area contributed by atoms with E-state index in [0.717, 1.165) is 26.5 Å². The molecule has 3 nitrogen and oxygen atoms in total. The fourth-order valence-corrected chi connectivity index (χ4v) is 3.17. The van der Waals surface area contributed by atoms with Crippen molar-refractivity contribution in [3.05, 3.63) is 57.4 Å². The number of aromatic nitrogens is 2. The van der Waals surface area contributed by atoms with Crippen molar-refractivity contribution in [2.75, 3.05) is 0 Å². The van der Waals surface area contributed by atoms with Gasteiger partial charge in [-0.1, -0.05) is 41.9 Å². The van der Waals surface area contributed by atoms with Crippen LogP contribution in [0.5, 0.6) is 0 Å². The molecule has 3 aromatic rings. The van der Waals surface area contributed by atoms with Crippen LogP contribution in [0, 0.1) is 6.57 Å². The average molecular weight is 347 g/mol. The van der Waals surface area contributed by atoms with Crippen LogP contribution in [-0.4, -0.2) is 9.78 Å². The van der Waals surface area contributed by atoms with Gasteiger partial charge in [0.25, 0.3) is 0 Å². The van der Waals surface area contributed by atoms with Gasteiger partial charge >= 0.3 is 0 Å². The second-order valence-corrected chi connectivity index (χ2v) is 5.62. The lowest BCUT2D eigenvalue weighted by molar-refractivity contribution is 0.776. The maximum absolute atomic E-state index is 7.44. The van der Waals surface area contributed by atoms with Crippen molar-refractivity contribution >= 4 is 44.0 Å². The summed E-state index contributed by atoms with van der Waals surface area (Å²) in [5, 5.41) is 6.59. The lowest BCUT2D eigenvalue weighted by Crippen LogP contribution is -1.94. The predicted molar refractivity (Wildman–Crippen MR) is 85.1 cm³/mol. The van der Waals surface area contributed by atoms with E-state index in [4.69, 9.17) is 18.2 Å². The quantitative estimate of drug-likeness (QED) is 0.555. The van der Waals surface area contributed by atoms with E-state index in [9.17, 15) is 0 Å². The molecule has 0 saturated heterocycles. The normalized spacial score (nSPS) is 10.7. The Kier molecular flexibility index (Phi) is 3.25. The van der Waals surface area contributed by atoms with Crippen molar-refractivity contribution in [3.63, 3.8) is 0 Å². The average Bonchev–Trinajstić information content (AvgIpc) is 2.78. The first-order chi connectivity index (χ1) is 9.63. The number of fused-ring (bicyclic) bond motifs is 1. The molecule has 1 aromatic heterocycles. The van der Waals surface area contributed by atoms with Crippen molar-refractivity contribution in [2.24, 2.45) is 7.05 Å². The topological polar surface area (TPSA) is 22.2 Å². The van der Waals surface area contributed by atoms with Gasteiger partial charge in [0.15, 0.2) is 0 Å². The van der Waals surface area contributed by atoms with Gasteiger partial charge in [-0.05, 0) is 26.7 Å². The monoisotopic (exact) mass is 345 g/mol. The van der Waals surface area contributed by atoms with Crippen molar-refractivity contribution in [1.29, 1.82) is 0 Å². The number of halogens is 2. The summed E-state index contributed by atoms with van der Waals surface area (Å²) in [4.78, 5) is 3.61. The van der Waals surface area contributed by atoms with Gasteiger partial charge in [0, 0.05) is 12.6 Å². The lowest BCUT2D eigenvalue weighted by Gasteiger charge is -2.10. The van der Waals surface area contributed by atoms with Crippen LogP contribution in [0.2, 0.25) is 5.02 Å². The Morgan fingerprint density at radius 3 is 2.75 bits per heavy atom. The van der Waals surface area contributed by atoms with Crippen LogP contribution in [-0.2, 0) is 7.05 Å². The van der Waals surface area contributed by atoms with E-state index in [2.05, 4.69) is 25.9 Å². The minimum Gasteiger partial charge on any atom is -0.268 e. The SMILES string of the molecule is [C-]#[N+]c1c(-c2c(Br)cnn2C)cc2ccccc2c1Cl. The molecular weight excluding hydrogens is 338 g/mol. The molecule has 0 aliphatic carbocycles. The summed E-state index contributed by atoms with van der Waals surface area (Å²) in [5.74, 6) is 0. The zero-order valence-electron chi connectivity index (χ0n) is 10.6. The van der Waals surface area contributed by atoms with E-state index < -0.39 is 0 Å². The molecule has 0 spiro atoms. The van der Waals surface area contributed by atoms with Gasteiger partial charge in [-0.2, -0.15) is 5.10 Å². The zero-order chi connectivity index (χ0) is 14.3. The maximum atomic E-state index is 7.44. The molecule has 0 amide bonds. The third-order valence-electron chi connectivity index (χ3n) is 3.22. The van der Waals surface area contributed by atoms with Gasteiger partial charge in [-0.3, -0.25) is 4.68 Å². The Balaban J connectivity index is 2.45. The highest BCUT2D eigenvalue weighted by atomic mass is 79.9. The van der Waals surface area contributed by atoms with Crippen LogP contribution >= 0.6 is 27.5 Å². The van der Waals surface area contributed by atoms with Crippen LogP contribution in [0.15, 0.2) is 41.0 Å². The van der Waals surface area contributed by atoms with Crippen LogP contribution in [0.3, 0.4) is 0 Å². The molecular formula is C15H9BrClN3. The van der Waals surface area contributed by atoms with Crippen molar-refractivity contribution < 1.29 is 0 Å². The van der Waals surface area contributed by atoms with Crippen molar-refractivity contribution in [3.8, 4) is 11.3 Å². The Hall–Kier alpha value is -1.83. The summed E-state index contributed by atoms with van der Waals surface area (Å²) in [6.45, 7) is 7.44. The summed E-state index contributed by atoms with van der Waals surface area (Å²) >= 11 is 9.89. The van der Waals surface area contributed by atoms with Crippen molar-refractivity contribution in [1.82, 2.24) is 9.78 Å². The van der Waals surface area contributed by atoms with Gasteiger partial charge in [0.2, 0.25) is 5.69 Å². The maximum Gasteiger partial charge on any atom is 0.215 e. The Labute approximate surface area is 129 Å². The minimum atomic E-state index is 0.453. The molecule has 0 bridgehead atoms. The highest BCUT2D eigenvalue weighted by Crippen LogP contribution is 2.43. The van der Waals surface area contributed by atoms with Gasteiger partial charge in [0.1, 0.15) is 0 Å². The van der Waals surface area contributed by atoms with Crippen LogP contribution in [0.25, 0.3) is 26.9 Å². The second-order valence-electron chi connectivity index (χ2n) is 4.38. The van der Waals surface area contributed by atoms with Gasteiger partial charge in [-0.15, -0.1) is 0 Å². The number of aryl methyl sites for hydroxylation is 1. The summed E-state index contributed by atoms with van der Waals surface area (Å²) < 4.78 is 2.58. The molecule has 0 N–H and O–H groups in total. The highest BCUT2D eigenvalue weighted by molar-refractivity contribution is 9.10. The van der Waals surface area contributed by atoms with Crippen LogP contribution < -0.4 is 0 Å². The first-order valence-corrected chi connectivity index (χ1v) is 7.07. The Morgan fingerprint density at radius 2 is 2.10 bits per heavy atom. The van der Waals surface area contributed by atoms with Crippen molar-refractivity contribution in [2.45, 2.75) is 0 Å². The molecule has 0 aliphatic rings. The molecule has 98 valence electrons. The molecule has 20 heavy (non-hydrogen) atoms. The van der Waals surface area contributed by atoms with Crippen LogP contribution in [0.4, 0.5) is 5.69 Å².